The summed E-state index contributed by atoms with van der Waals surface area (Å²) in [6, 6.07) is 10.9. The molecular formula is C25H27N3O3S. The van der Waals surface area contributed by atoms with E-state index in [1.807, 2.05) is 55.6 Å². The molecule has 166 valence electrons. The van der Waals surface area contributed by atoms with Crippen molar-refractivity contribution in [3.05, 3.63) is 57.9 Å². The van der Waals surface area contributed by atoms with E-state index in [1.54, 1.807) is 18.3 Å². The number of carbonyl (C=O) groups excluding carboxylic acids is 2. The van der Waals surface area contributed by atoms with Crippen LogP contribution in [0, 0.1) is 13.8 Å². The predicted octanol–water partition coefficient (Wildman–Crippen LogP) is 5.13. The van der Waals surface area contributed by atoms with E-state index in [2.05, 4.69) is 12.2 Å². The summed E-state index contributed by atoms with van der Waals surface area (Å²) in [4.78, 5) is 32.2. The Bertz CT molecular complexity index is 1170. The van der Waals surface area contributed by atoms with Crippen LogP contribution in [0.2, 0.25) is 0 Å². The molecule has 1 aliphatic rings. The highest BCUT2D eigenvalue weighted by molar-refractivity contribution is 7.09. The van der Waals surface area contributed by atoms with Crippen molar-refractivity contribution in [2.45, 2.75) is 46.6 Å². The molecule has 0 bridgehead atoms. The summed E-state index contributed by atoms with van der Waals surface area (Å²) in [7, 11) is 0. The number of ether oxygens (including phenoxy) is 1. The molecule has 0 aliphatic carbocycles. The fraction of sp³-hybridized carbons (Fsp3) is 0.320. The van der Waals surface area contributed by atoms with Crippen LogP contribution in [-0.2, 0) is 16.0 Å². The molecule has 0 spiro atoms. The van der Waals surface area contributed by atoms with Gasteiger partial charge in [-0.05, 0) is 69.0 Å². The van der Waals surface area contributed by atoms with Crippen molar-refractivity contribution in [3.8, 4) is 17.0 Å². The van der Waals surface area contributed by atoms with Crippen LogP contribution < -0.4 is 15.0 Å². The number of nitrogens with zero attached hydrogens (tertiary/aromatic N) is 2. The maximum absolute atomic E-state index is 13.1. The molecule has 7 heteroatoms. The first kappa shape index (κ1) is 22.0. The van der Waals surface area contributed by atoms with Gasteiger partial charge in [-0.15, -0.1) is 11.3 Å². The average molecular weight is 450 g/mol. The molecule has 6 nitrogen and oxygen atoms in total. The number of benzene rings is 2. The van der Waals surface area contributed by atoms with Crippen molar-refractivity contribution in [2.75, 3.05) is 16.8 Å². The summed E-state index contributed by atoms with van der Waals surface area (Å²) in [5, 5.41) is 6.09. The number of amides is 2. The van der Waals surface area contributed by atoms with Gasteiger partial charge in [0.2, 0.25) is 5.91 Å². The van der Waals surface area contributed by atoms with Crippen LogP contribution in [0.4, 0.5) is 11.4 Å². The molecule has 1 aromatic heterocycles. The number of carbonyl (C=O) groups is 2. The van der Waals surface area contributed by atoms with Gasteiger partial charge in [-0.3, -0.25) is 14.5 Å². The third kappa shape index (κ3) is 4.39. The molecule has 1 unspecified atom stereocenters. The monoisotopic (exact) mass is 449 g/mol. The number of nitrogens with one attached hydrogen (secondary N) is 1. The van der Waals surface area contributed by atoms with Crippen LogP contribution in [0.15, 0.2) is 41.8 Å². The molecule has 2 aromatic carbocycles. The second-order valence-electron chi connectivity index (χ2n) is 8.10. The van der Waals surface area contributed by atoms with Crippen molar-refractivity contribution >= 4 is 34.5 Å². The fourth-order valence-electron chi connectivity index (χ4n) is 3.75. The Balaban J connectivity index is 1.63. The summed E-state index contributed by atoms with van der Waals surface area (Å²) in [6.45, 7) is 7.70. The molecule has 0 saturated carbocycles. The number of thiazole rings is 1. The number of aryl methyl sites for hydroxylation is 3. The first-order valence-electron chi connectivity index (χ1n) is 10.8. The summed E-state index contributed by atoms with van der Waals surface area (Å²) >= 11 is 1.64. The van der Waals surface area contributed by atoms with Gasteiger partial charge in [0.05, 0.1) is 16.4 Å². The van der Waals surface area contributed by atoms with E-state index in [0.717, 1.165) is 45.9 Å². The molecular weight excluding hydrogens is 422 g/mol. The van der Waals surface area contributed by atoms with Crippen LogP contribution in [0.3, 0.4) is 0 Å². The third-order valence-electron chi connectivity index (χ3n) is 5.57. The quantitative estimate of drug-likeness (QED) is 0.566. The molecule has 32 heavy (non-hydrogen) atoms. The lowest BCUT2D eigenvalue weighted by atomic mass is 10.1. The summed E-state index contributed by atoms with van der Waals surface area (Å²) in [5.41, 5.74) is 5.13. The van der Waals surface area contributed by atoms with Crippen molar-refractivity contribution in [3.63, 3.8) is 0 Å². The highest BCUT2D eigenvalue weighted by Gasteiger charge is 2.33. The maximum atomic E-state index is 13.1. The van der Waals surface area contributed by atoms with E-state index in [0.29, 0.717) is 11.4 Å². The maximum Gasteiger partial charge on any atom is 0.265 e. The zero-order valence-corrected chi connectivity index (χ0v) is 19.6. The van der Waals surface area contributed by atoms with Gasteiger partial charge in [-0.2, -0.15) is 0 Å². The molecule has 2 heterocycles. The summed E-state index contributed by atoms with van der Waals surface area (Å²) in [6.07, 6.45) is 1.99. The first-order chi connectivity index (χ1) is 15.4. The Labute approximate surface area is 192 Å². The Morgan fingerprint density at radius 1 is 1.25 bits per heavy atom. The zero-order chi connectivity index (χ0) is 22.8. The van der Waals surface area contributed by atoms with Gasteiger partial charge >= 0.3 is 0 Å². The molecule has 1 aliphatic heterocycles. The highest BCUT2D eigenvalue weighted by Crippen LogP contribution is 2.37. The topological polar surface area (TPSA) is 71.5 Å². The largest absolute Gasteiger partial charge is 0.482 e. The lowest BCUT2D eigenvalue weighted by Gasteiger charge is -2.33. The van der Waals surface area contributed by atoms with Crippen molar-refractivity contribution in [1.82, 2.24) is 4.98 Å². The normalized spacial score (nSPS) is 14.0. The van der Waals surface area contributed by atoms with E-state index in [9.17, 15) is 9.59 Å². The molecule has 0 radical (unpaired) electrons. The summed E-state index contributed by atoms with van der Waals surface area (Å²) in [5.74, 6) is 0.0937. The number of aromatic nitrogens is 1. The van der Waals surface area contributed by atoms with Gasteiger partial charge in [0.25, 0.3) is 5.91 Å². The Morgan fingerprint density at radius 3 is 2.84 bits per heavy atom. The second kappa shape index (κ2) is 9.12. The van der Waals surface area contributed by atoms with Gasteiger partial charge in [0.1, 0.15) is 11.8 Å². The average Bonchev–Trinajstić information content (AvgIpc) is 3.24. The van der Waals surface area contributed by atoms with E-state index < -0.39 is 6.04 Å². The molecule has 0 fully saturated rings. The van der Waals surface area contributed by atoms with E-state index in [-0.39, 0.29) is 18.4 Å². The Hall–Kier alpha value is -3.19. The van der Waals surface area contributed by atoms with Crippen LogP contribution >= 0.6 is 11.3 Å². The van der Waals surface area contributed by atoms with Crippen molar-refractivity contribution in [1.29, 1.82) is 0 Å². The fourth-order valence-corrected chi connectivity index (χ4v) is 4.66. The Morgan fingerprint density at radius 2 is 2.06 bits per heavy atom. The predicted molar refractivity (Wildman–Crippen MR) is 129 cm³/mol. The third-order valence-corrected chi connectivity index (χ3v) is 6.48. The number of fused-ring (bicyclic) bond motifs is 1. The molecule has 2 amide bonds. The van der Waals surface area contributed by atoms with E-state index >= 15 is 0 Å². The molecule has 4 rings (SSSR count). The number of rotatable bonds is 6. The minimum absolute atomic E-state index is 0.0925. The van der Waals surface area contributed by atoms with E-state index in [4.69, 9.17) is 9.72 Å². The van der Waals surface area contributed by atoms with Gasteiger partial charge in [-0.25, -0.2) is 4.98 Å². The smallest absolute Gasteiger partial charge is 0.265 e. The van der Waals surface area contributed by atoms with E-state index in [1.165, 1.54) is 4.90 Å². The Kier molecular flexibility index (Phi) is 6.28. The standard InChI is InChI=1S/C25H27N3O3S/c1-5-6-23-26-20(14-32-23)18-9-10-22-21(12-18)28(24(29)13-31-22)17(4)25(30)27-19-11-15(2)7-8-16(19)3/h7-12,14,17H,5-6,13H2,1-4H3,(H,27,30). The molecule has 3 aromatic rings. The van der Waals surface area contributed by atoms with Gasteiger partial charge in [-0.1, -0.05) is 19.1 Å². The first-order valence-corrected chi connectivity index (χ1v) is 11.7. The van der Waals surface area contributed by atoms with Crippen molar-refractivity contribution < 1.29 is 14.3 Å². The van der Waals surface area contributed by atoms with Crippen LogP contribution in [0.1, 0.15) is 36.4 Å². The van der Waals surface area contributed by atoms with Gasteiger partial charge < -0.3 is 10.1 Å². The minimum atomic E-state index is -0.702. The number of hydrogen-bond donors (Lipinski definition) is 1. The van der Waals surface area contributed by atoms with Crippen LogP contribution in [0.25, 0.3) is 11.3 Å². The highest BCUT2D eigenvalue weighted by atomic mass is 32.1. The zero-order valence-electron chi connectivity index (χ0n) is 18.8. The lowest BCUT2D eigenvalue weighted by molar-refractivity contribution is -0.125. The summed E-state index contributed by atoms with van der Waals surface area (Å²) < 4.78 is 5.64. The molecule has 1 N–H and O–H groups in total. The molecule has 0 saturated heterocycles. The SMILES string of the molecule is CCCc1nc(-c2ccc3c(c2)N(C(C)C(=O)Nc2cc(C)ccc2C)C(=O)CO3)cs1. The number of anilines is 2. The van der Waals surface area contributed by atoms with Crippen molar-refractivity contribution in [2.24, 2.45) is 0 Å². The van der Waals surface area contributed by atoms with Crippen LogP contribution in [0.5, 0.6) is 5.75 Å². The lowest BCUT2D eigenvalue weighted by Crippen LogP contribution is -2.49. The van der Waals surface area contributed by atoms with Gasteiger partial charge in [0, 0.05) is 16.6 Å². The van der Waals surface area contributed by atoms with Crippen LogP contribution in [-0.4, -0.2) is 29.4 Å². The number of hydrogen-bond acceptors (Lipinski definition) is 5. The molecule has 1 atom stereocenters. The second-order valence-corrected chi connectivity index (χ2v) is 9.04. The van der Waals surface area contributed by atoms with Gasteiger partial charge in [0.15, 0.2) is 6.61 Å². The minimum Gasteiger partial charge on any atom is -0.482 e.